The van der Waals surface area contributed by atoms with Crippen LogP contribution in [0.25, 0.3) is 10.9 Å². The number of aromatic amines is 1. The second-order valence-corrected chi connectivity index (χ2v) is 5.35. The Morgan fingerprint density at radius 1 is 1.18 bits per heavy atom. The minimum absolute atomic E-state index is 0.131. The van der Waals surface area contributed by atoms with E-state index in [0.29, 0.717) is 12.1 Å². The number of rotatable bonds is 4. The van der Waals surface area contributed by atoms with Crippen LogP contribution in [-0.2, 0) is 6.42 Å². The second-order valence-electron chi connectivity index (χ2n) is 5.35. The summed E-state index contributed by atoms with van der Waals surface area (Å²) in [6.07, 6.45) is 2.43. The number of hydrogen-bond acceptors (Lipinski definition) is 2. The third kappa shape index (κ3) is 3.01. The lowest BCUT2D eigenvalue weighted by Crippen LogP contribution is -1.91. The molecule has 0 amide bonds. The molecule has 0 bridgehead atoms. The van der Waals surface area contributed by atoms with Gasteiger partial charge in [-0.05, 0) is 43.2 Å². The van der Waals surface area contributed by atoms with Crippen molar-refractivity contribution in [2.75, 3.05) is 6.54 Å². The van der Waals surface area contributed by atoms with Gasteiger partial charge in [0.1, 0.15) is 5.82 Å². The molecule has 0 radical (unpaired) electrons. The molecule has 3 aromatic rings. The monoisotopic (exact) mass is 296 g/mol. The maximum Gasteiger partial charge on any atom is 0.198 e. The van der Waals surface area contributed by atoms with Gasteiger partial charge in [0.25, 0.3) is 0 Å². The van der Waals surface area contributed by atoms with Gasteiger partial charge in [-0.1, -0.05) is 23.8 Å². The van der Waals surface area contributed by atoms with Crippen LogP contribution < -0.4 is 0 Å². The van der Waals surface area contributed by atoms with Crippen molar-refractivity contribution in [1.29, 1.82) is 0 Å². The summed E-state index contributed by atoms with van der Waals surface area (Å²) in [7, 11) is 0. The number of aromatic nitrogens is 1. The van der Waals surface area contributed by atoms with Gasteiger partial charge >= 0.3 is 0 Å². The Bertz CT molecular complexity index is 819. The summed E-state index contributed by atoms with van der Waals surface area (Å²) in [5, 5.41) is 10.9. The van der Waals surface area contributed by atoms with Gasteiger partial charge < -0.3 is 10.1 Å². The van der Waals surface area contributed by atoms with Crippen LogP contribution in [0.1, 0.15) is 16.7 Å². The van der Waals surface area contributed by atoms with Crippen molar-refractivity contribution in [1.82, 2.24) is 4.98 Å². The summed E-state index contributed by atoms with van der Waals surface area (Å²) in [5.74, 6) is -0.0996. The largest absolute Gasteiger partial charge is 0.494 e. The van der Waals surface area contributed by atoms with Gasteiger partial charge in [-0.3, -0.25) is 4.99 Å². The smallest absolute Gasteiger partial charge is 0.198 e. The number of hydrogen-bond donors (Lipinski definition) is 2. The van der Waals surface area contributed by atoms with E-state index >= 15 is 0 Å². The van der Waals surface area contributed by atoms with Crippen LogP contribution in [0, 0.1) is 12.7 Å². The van der Waals surface area contributed by atoms with Gasteiger partial charge in [0.15, 0.2) is 5.88 Å². The van der Waals surface area contributed by atoms with E-state index in [4.69, 9.17) is 0 Å². The summed E-state index contributed by atoms with van der Waals surface area (Å²) in [6.45, 7) is 2.60. The lowest BCUT2D eigenvalue weighted by atomic mass is 10.1. The van der Waals surface area contributed by atoms with E-state index in [1.807, 2.05) is 25.1 Å². The zero-order valence-corrected chi connectivity index (χ0v) is 12.3. The normalized spacial score (nSPS) is 11.5. The van der Waals surface area contributed by atoms with E-state index in [1.54, 1.807) is 18.3 Å². The Kier molecular flexibility index (Phi) is 3.92. The van der Waals surface area contributed by atoms with E-state index in [2.05, 4.69) is 9.98 Å². The van der Waals surface area contributed by atoms with Crippen molar-refractivity contribution in [3.05, 3.63) is 65.0 Å². The van der Waals surface area contributed by atoms with Gasteiger partial charge in [0, 0.05) is 23.7 Å². The average molecular weight is 296 g/mol. The predicted molar refractivity (Wildman–Crippen MR) is 87.3 cm³/mol. The zero-order valence-electron chi connectivity index (χ0n) is 12.3. The summed E-state index contributed by atoms with van der Waals surface area (Å²) in [4.78, 5) is 7.32. The highest BCUT2D eigenvalue weighted by Crippen LogP contribution is 2.26. The van der Waals surface area contributed by atoms with Crippen LogP contribution in [0.3, 0.4) is 0 Å². The van der Waals surface area contributed by atoms with Crippen LogP contribution >= 0.6 is 0 Å². The lowest BCUT2D eigenvalue weighted by Gasteiger charge is -1.98. The maximum absolute atomic E-state index is 12.8. The van der Waals surface area contributed by atoms with E-state index in [-0.39, 0.29) is 11.7 Å². The number of H-pyrrole nitrogens is 1. The Hall–Kier alpha value is -2.62. The lowest BCUT2D eigenvalue weighted by molar-refractivity contribution is 0.457. The number of fused-ring (bicyclic) bond motifs is 1. The summed E-state index contributed by atoms with van der Waals surface area (Å²) >= 11 is 0. The molecule has 0 spiro atoms. The summed E-state index contributed by atoms with van der Waals surface area (Å²) < 4.78 is 12.8. The Morgan fingerprint density at radius 2 is 1.95 bits per heavy atom. The molecule has 0 unspecified atom stereocenters. The molecule has 0 aliphatic heterocycles. The molecule has 22 heavy (non-hydrogen) atoms. The first kappa shape index (κ1) is 14.3. The van der Waals surface area contributed by atoms with E-state index in [9.17, 15) is 9.50 Å². The molecule has 2 aromatic carbocycles. The molecule has 0 aliphatic carbocycles. The number of aromatic hydroxyl groups is 1. The molecule has 0 atom stereocenters. The average Bonchev–Trinajstić information content (AvgIpc) is 2.81. The Labute approximate surface area is 128 Å². The van der Waals surface area contributed by atoms with Crippen molar-refractivity contribution in [3.8, 4) is 5.88 Å². The molecule has 0 saturated heterocycles. The SMILES string of the molecule is Cc1ccc2[nH]c(O)c(C=NCCc3ccc(F)cc3)c2c1. The van der Waals surface area contributed by atoms with Crippen molar-refractivity contribution < 1.29 is 9.50 Å². The van der Waals surface area contributed by atoms with Crippen LogP contribution in [0.4, 0.5) is 4.39 Å². The van der Waals surface area contributed by atoms with Crippen LogP contribution in [0.2, 0.25) is 0 Å². The first-order valence-corrected chi connectivity index (χ1v) is 7.19. The number of aryl methyl sites for hydroxylation is 1. The zero-order chi connectivity index (χ0) is 15.5. The topological polar surface area (TPSA) is 48.4 Å². The molecule has 0 saturated carbocycles. The molecule has 1 aromatic heterocycles. The van der Waals surface area contributed by atoms with Gasteiger partial charge in [-0.15, -0.1) is 0 Å². The second kappa shape index (κ2) is 6.02. The number of halogens is 1. The molecule has 2 N–H and O–H groups in total. The van der Waals surface area contributed by atoms with Crippen molar-refractivity contribution in [2.24, 2.45) is 4.99 Å². The molecule has 0 aliphatic rings. The Morgan fingerprint density at radius 3 is 2.73 bits per heavy atom. The molecule has 4 heteroatoms. The van der Waals surface area contributed by atoms with Gasteiger partial charge in [-0.25, -0.2) is 4.39 Å². The fourth-order valence-corrected chi connectivity index (χ4v) is 2.44. The third-order valence-corrected chi connectivity index (χ3v) is 3.64. The number of nitrogens with one attached hydrogen (secondary N) is 1. The van der Waals surface area contributed by atoms with Crippen LogP contribution in [0.15, 0.2) is 47.5 Å². The summed E-state index contributed by atoms with van der Waals surface area (Å²) in [5.41, 5.74) is 3.77. The van der Waals surface area contributed by atoms with Gasteiger partial charge in [0.2, 0.25) is 0 Å². The molecule has 1 heterocycles. The molecule has 0 fully saturated rings. The molecule has 3 nitrogen and oxygen atoms in total. The fraction of sp³-hybridized carbons (Fsp3) is 0.167. The van der Waals surface area contributed by atoms with Crippen molar-refractivity contribution in [2.45, 2.75) is 13.3 Å². The van der Waals surface area contributed by atoms with Crippen LogP contribution in [-0.4, -0.2) is 22.8 Å². The van der Waals surface area contributed by atoms with Crippen molar-refractivity contribution >= 4 is 17.1 Å². The third-order valence-electron chi connectivity index (χ3n) is 3.64. The van der Waals surface area contributed by atoms with Gasteiger partial charge in [-0.2, -0.15) is 0 Å². The maximum atomic E-state index is 12.8. The highest BCUT2D eigenvalue weighted by molar-refractivity contribution is 6.02. The van der Waals surface area contributed by atoms with E-state index in [1.165, 1.54) is 12.1 Å². The number of aliphatic imine (C=N–C) groups is 1. The Balaban J connectivity index is 1.74. The quantitative estimate of drug-likeness (QED) is 0.703. The standard InChI is InChI=1S/C18H17FN2O/c1-12-2-7-17-15(10-12)16(18(22)21-17)11-20-9-8-13-3-5-14(19)6-4-13/h2-7,10-11,21-22H,8-9H2,1H3. The van der Waals surface area contributed by atoms with Gasteiger partial charge in [0.05, 0.1) is 5.56 Å². The predicted octanol–water partition coefficient (Wildman–Crippen LogP) is 3.98. The van der Waals surface area contributed by atoms with E-state index in [0.717, 1.165) is 28.5 Å². The van der Waals surface area contributed by atoms with Crippen LogP contribution in [0.5, 0.6) is 5.88 Å². The number of nitrogens with zero attached hydrogens (tertiary/aromatic N) is 1. The fourth-order valence-electron chi connectivity index (χ4n) is 2.44. The minimum Gasteiger partial charge on any atom is -0.494 e. The first-order valence-electron chi connectivity index (χ1n) is 7.19. The van der Waals surface area contributed by atoms with E-state index < -0.39 is 0 Å². The molecule has 3 rings (SSSR count). The highest BCUT2D eigenvalue weighted by Gasteiger charge is 2.08. The molecular formula is C18H17FN2O. The number of benzene rings is 2. The summed E-state index contributed by atoms with van der Waals surface area (Å²) in [6, 6.07) is 12.4. The highest BCUT2D eigenvalue weighted by atomic mass is 19.1. The molecular weight excluding hydrogens is 279 g/mol. The molecule has 112 valence electrons. The minimum atomic E-state index is -0.230. The van der Waals surface area contributed by atoms with Crippen molar-refractivity contribution in [3.63, 3.8) is 0 Å². The first-order chi connectivity index (χ1) is 10.6.